The molecule has 2 aromatic carbocycles. The second-order valence-electron chi connectivity index (χ2n) is 5.83. The van der Waals surface area contributed by atoms with Gasteiger partial charge in [-0.05, 0) is 31.2 Å². The quantitative estimate of drug-likeness (QED) is 0.631. The van der Waals surface area contributed by atoms with Gasteiger partial charge in [-0.3, -0.25) is 4.79 Å². The lowest BCUT2D eigenvalue weighted by Gasteiger charge is -2.03. The monoisotopic (exact) mass is 382 g/mol. The number of thiazole rings is 1. The fraction of sp³-hybridized carbons (Fsp3) is 0.200. The van der Waals surface area contributed by atoms with Gasteiger partial charge < -0.3 is 18.8 Å². The van der Waals surface area contributed by atoms with E-state index in [-0.39, 0.29) is 12.7 Å². The summed E-state index contributed by atoms with van der Waals surface area (Å²) in [7, 11) is 0. The highest BCUT2D eigenvalue weighted by Crippen LogP contribution is 2.37. The molecule has 6 nitrogen and oxygen atoms in total. The van der Waals surface area contributed by atoms with E-state index in [0.717, 1.165) is 16.0 Å². The van der Waals surface area contributed by atoms with Crippen LogP contribution in [-0.2, 0) is 6.54 Å². The number of ether oxygens (including phenoxy) is 3. The van der Waals surface area contributed by atoms with Crippen molar-refractivity contribution in [3.05, 3.63) is 59.4 Å². The number of fused-ring (bicyclic) bond motifs is 2. The summed E-state index contributed by atoms with van der Waals surface area (Å²) in [5, 5.41) is 0. The van der Waals surface area contributed by atoms with E-state index < -0.39 is 0 Å². The van der Waals surface area contributed by atoms with E-state index in [1.54, 1.807) is 30.3 Å². The molecular weight excluding hydrogens is 364 g/mol. The Balaban J connectivity index is 1.76. The number of hydrogen-bond donors (Lipinski definition) is 0. The van der Waals surface area contributed by atoms with Crippen LogP contribution in [0.1, 0.15) is 17.3 Å². The summed E-state index contributed by atoms with van der Waals surface area (Å²) in [6.45, 7) is 7.07. The molecule has 2 heterocycles. The highest BCUT2D eigenvalue weighted by Gasteiger charge is 2.17. The molecule has 7 heteroatoms. The largest absolute Gasteiger partial charge is 0.494 e. The van der Waals surface area contributed by atoms with Crippen LogP contribution in [0.25, 0.3) is 10.2 Å². The van der Waals surface area contributed by atoms with Crippen molar-refractivity contribution in [3.63, 3.8) is 0 Å². The Bertz CT molecular complexity index is 1080. The zero-order chi connectivity index (χ0) is 18.8. The number of amides is 1. The minimum absolute atomic E-state index is 0.224. The molecule has 0 saturated heterocycles. The number of aromatic nitrogens is 1. The predicted molar refractivity (Wildman–Crippen MR) is 104 cm³/mol. The van der Waals surface area contributed by atoms with Crippen molar-refractivity contribution in [1.82, 2.24) is 4.57 Å². The normalized spacial score (nSPS) is 13.1. The van der Waals surface area contributed by atoms with Gasteiger partial charge in [-0.1, -0.05) is 17.4 Å². The molecule has 0 saturated carbocycles. The lowest BCUT2D eigenvalue weighted by atomic mass is 10.2. The van der Waals surface area contributed by atoms with Crippen LogP contribution in [0.3, 0.4) is 0 Å². The number of allylic oxidation sites excluding steroid dienone is 1. The summed E-state index contributed by atoms with van der Waals surface area (Å²) in [6, 6.07) is 10.8. The van der Waals surface area contributed by atoms with Crippen molar-refractivity contribution in [3.8, 4) is 17.2 Å². The summed E-state index contributed by atoms with van der Waals surface area (Å²) < 4.78 is 19.2. The molecule has 0 unspecified atom stereocenters. The van der Waals surface area contributed by atoms with Crippen LogP contribution in [-0.4, -0.2) is 23.9 Å². The molecule has 0 atom stereocenters. The molecule has 3 aromatic rings. The molecule has 1 aliphatic rings. The average Bonchev–Trinajstić information content (AvgIpc) is 3.25. The van der Waals surface area contributed by atoms with E-state index in [9.17, 15) is 4.79 Å². The van der Waals surface area contributed by atoms with Gasteiger partial charge in [0.15, 0.2) is 16.3 Å². The first kappa shape index (κ1) is 17.4. The summed E-state index contributed by atoms with van der Waals surface area (Å²) in [4.78, 5) is 17.6. The zero-order valence-corrected chi connectivity index (χ0v) is 15.6. The first-order valence-electron chi connectivity index (χ1n) is 8.55. The SMILES string of the molecule is C=CCn1c(=NC(=O)c2ccc(OCC)cc2)sc2cc3c(cc21)OCO3. The van der Waals surface area contributed by atoms with Crippen LogP contribution in [0, 0.1) is 0 Å². The second kappa shape index (κ2) is 7.28. The summed E-state index contributed by atoms with van der Waals surface area (Å²) in [6.07, 6.45) is 1.77. The Hall–Kier alpha value is -3.06. The Morgan fingerprint density at radius 3 is 2.74 bits per heavy atom. The lowest BCUT2D eigenvalue weighted by molar-refractivity contribution is 0.0998. The van der Waals surface area contributed by atoms with Gasteiger partial charge >= 0.3 is 0 Å². The van der Waals surface area contributed by atoms with Crippen LogP contribution in [0.15, 0.2) is 54.0 Å². The number of rotatable bonds is 5. The third kappa shape index (κ3) is 3.33. The first-order chi connectivity index (χ1) is 13.2. The van der Waals surface area contributed by atoms with Gasteiger partial charge in [0.2, 0.25) is 6.79 Å². The molecule has 0 bridgehead atoms. The van der Waals surface area contributed by atoms with Gasteiger partial charge in [0.05, 0.1) is 16.8 Å². The van der Waals surface area contributed by atoms with Crippen LogP contribution < -0.4 is 19.0 Å². The van der Waals surface area contributed by atoms with Gasteiger partial charge in [0.25, 0.3) is 5.91 Å². The molecule has 138 valence electrons. The van der Waals surface area contributed by atoms with Crippen molar-refractivity contribution < 1.29 is 19.0 Å². The molecule has 0 fully saturated rings. The fourth-order valence-corrected chi connectivity index (χ4v) is 3.91. The zero-order valence-electron chi connectivity index (χ0n) is 14.8. The van der Waals surface area contributed by atoms with Gasteiger partial charge in [-0.25, -0.2) is 0 Å². The third-order valence-corrected chi connectivity index (χ3v) is 5.14. The maximum Gasteiger partial charge on any atom is 0.279 e. The van der Waals surface area contributed by atoms with Crippen molar-refractivity contribution in [1.29, 1.82) is 0 Å². The smallest absolute Gasteiger partial charge is 0.279 e. The minimum Gasteiger partial charge on any atom is -0.494 e. The molecule has 0 N–H and O–H groups in total. The second-order valence-corrected chi connectivity index (χ2v) is 6.84. The van der Waals surface area contributed by atoms with Crippen LogP contribution in [0.4, 0.5) is 0 Å². The fourth-order valence-electron chi connectivity index (χ4n) is 2.86. The van der Waals surface area contributed by atoms with E-state index >= 15 is 0 Å². The maximum absolute atomic E-state index is 12.6. The van der Waals surface area contributed by atoms with Gasteiger partial charge in [0, 0.05) is 24.2 Å². The van der Waals surface area contributed by atoms with Crippen LogP contribution in [0.5, 0.6) is 17.2 Å². The summed E-state index contributed by atoms with van der Waals surface area (Å²) >= 11 is 1.43. The standard InChI is InChI=1S/C20H18N2O4S/c1-3-9-22-15-10-16-17(26-12-25-16)11-18(15)27-20(22)21-19(23)13-5-7-14(8-6-13)24-4-2/h3,5-8,10-11H,1,4,9,12H2,2H3. The highest BCUT2D eigenvalue weighted by molar-refractivity contribution is 7.16. The molecule has 0 spiro atoms. The molecule has 0 aliphatic carbocycles. The Kier molecular flexibility index (Phi) is 4.68. The average molecular weight is 382 g/mol. The van der Waals surface area contributed by atoms with E-state index in [1.807, 2.05) is 23.6 Å². The van der Waals surface area contributed by atoms with Crippen molar-refractivity contribution in [2.75, 3.05) is 13.4 Å². The molecule has 0 radical (unpaired) electrons. The molecule has 4 rings (SSSR count). The van der Waals surface area contributed by atoms with Crippen LogP contribution in [0.2, 0.25) is 0 Å². The van der Waals surface area contributed by atoms with E-state index in [0.29, 0.717) is 35.0 Å². The molecular formula is C20H18N2O4S. The lowest BCUT2D eigenvalue weighted by Crippen LogP contribution is -2.16. The minimum atomic E-state index is -0.303. The number of benzene rings is 2. The number of hydrogen-bond acceptors (Lipinski definition) is 5. The Labute approximate surface area is 159 Å². The van der Waals surface area contributed by atoms with E-state index in [2.05, 4.69) is 11.6 Å². The summed E-state index contributed by atoms with van der Waals surface area (Å²) in [5.74, 6) is 1.83. The highest BCUT2D eigenvalue weighted by atomic mass is 32.1. The number of nitrogens with zero attached hydrogens (tertiary/aromatic N) is 2. The molecule has 1 amide bonds. The Morgan fingerprint density at radius 2 is 2.04 bits per heavy atom. The summed E-state index contributed by atoms with van der Waals surface area (Å²) in [5.41, 5.74) is 1.44. The Morgan fingerprint density at radius 1 is 1.30 bits per heavy atom. The van der Waals surface area contributed by atoms with Crippen molar-refractivity contribution in [2.24, 2.45) is 4.99 Å². The van der Waals surface area contributed by atoms with Crippen molar-refractivity contribution >= 4 is 27.5 Å². The van der Waals surface area contributed by atoms with Crippen molar-refractivity contribution in [2.45, 2.75) is 13.5 Å². The number of carbonyl (C=O) groups excluding carboxylic acids is 1. The topological polar surface area (TPSA) is 62.1 Å². The molecule has 1 aliphatic heterocycles. The predicted octanol–water partition coefficient (Wildman–Crippen LogP) is 3.76. The number of carbonyl (C=O) groups is 1. The van der Waals surface area contributed by atoms with Gasteiger partial charge in [-0.2, -0.15) is 4.99 Å². The maximum atomic E-state index is 12.6. The van der Waals surface area contributed by atoms with Crippen LogP contribution >= 0.6 is 11.3 Å². The first-order valence-corrected chi connectivity index (χ1v) is 9.37. The van der Waals surface area contributed by atoms with E-state index in [4.69, 9.17) is 14.2 Å². The third-order valence-electron chi connectivity index (χ3n) is 4.10. The molecule has 27 heavy (non-hydrogen) atoms. The van der Waals surface area contributed by atoms with E-state index in [1.165, 1.54) is 11.3 Å². The van der Waals surface area contributed by atoms with Gasteiger partial charge in [-0.15, -0.1) is 6.58 Å². The van der Waals surface area contributed by atoms with Gasteiger partial charge in [0.1, 0.15) is 5.75 Å². The molecule has 1 aromatic heterocycles.